The van der Waals surface area contributed by atoms with E-state index in [1.165, 1.54) is 19.2 Å². The maximum absolute atomic E-state index is 11.1. The van der Waals surface area contributed by atoms with Gasteiger partial charge >= 0.3 is 5.97 Å². The number of aromatic carboxylic acids is 1. The minimum Gasteiger partial charge on any atom is -0.493 e. The van der Waals surface area contributed by atoms with Crippen LogP contribution in [0.1, 0.15) is 23.7 Å². The topological polar surface area (TPSA) is 84.9 Å². The Hall–Kier alpha value is -2.24. The third-order valence-electron chi connectivity index (χ3n) is 2.29. The Morgan fingerprint density at radius 2 is 2.05 bits per heavy atom. The second-order valence-corrected chi connectivity index (χ2v) is 3.77. The van der Waals surface area contributed by atoms with Crippen molar-refractivity contribution in [3.05, 3.63) is 23.8 Å². The highest BCUT2D eigenvalue weighted by Gasteiger charge is 2.13. The molecule has 0 aliphatic rings. The van der Waals surface area contributed by atoms with Crippen LogP contribution in [-0.4, -0.2) is 37.2 Å². The molecule has 0 spiro atoms. The van der Waals surface area contributed by atoms with Crippen LogP contribution in [0.5, 0.6) is 11.5 Å². The minimum atomic E-state index is -1.12. The first kappa shape index (κ1) is 14.8. The van der Waals surface area contributed by atoms with Crippen molar-refractivity contribution in [2.45, 2.75) is 13.3 Å². The molecule has 0 aromatic heterocycles. The molecule has 0 radical (unpaired) electrons. The second-order valence-electron chi connectivity index (χ2n) is 3.77. The van der Waals surface area contributed by atoms with Gasteiger partial charge in [0.05, 0.1) is 6.61 Å². The van der Waals surface area contributed by atoms with Crippen LogP contribution in [0.2, 0.25) is 0 Å². The van der Waals surface area contributed by atoms with Crippen molar-refractivity contribution in [1.29, 1.82) is 0 Å². The highest BCUT2D eigenvalue weighted by atomic mass is 16.5. The number of hydrogen-bond acceptors (Lipinski definition) is 4. The Kier molecular flexibility index (Phi) is 5.66. The molecule has 6 nitrogen and oxygen atoms in total. The van der Waals surface area contributed by atoms with Crippen LogP contribution in [-0.2, 0) is 4.79 Å². The molecule has 0 heterocycles. The largest absolute Gasteiger partial charge is 0.493 e. The zero-order chi connectivity index (χ0) is 14.3. The maximum atomic E-state index is 11.1. The molecule has 1 aromatic rings. The Labute approximate surface area is 111 Å². The van der Waals surface area contributed by atoms with Crippen LogP contribution in [0, 0.1) is 0 Å². The van der Waals surface area contributed by atoms with E-state index >= 15 is 0 Å². The van der Waals surface area contributed by atoms with Gasteiger partial charge in [-0.2, -0.15) is 0 Å². The average molecular weight is 267 g/mol. The molecule has 6 heteroatoms. The summed E-state index contributed by atoms with van der Waals surface area (Å²) >= 11 is 0. The molecule has 0 atom stereocenters. The smallest absolute Gasteiger partial charge is 0.339 e. The molecule has 0 aliphatic heterocycles. The summed E-state index contributed by atoms with van der Waals surface area (Å²) in [6.07, 6.45) is 0.842. The van der Waals surface area contributed by atoms with E-state index in [4.69, 9.17) is 14.6 Å². The van der Waals surface area contributed by atoms with Crippen molar-refractivity contribution in [3.63, 3.8) is 0 Å². The molecule has 104 valence electrons. The molecule has 1 amide bonds. The normalized spacial score (nSPS) is 9.79. The van der Waals surface area contributed by atoms with Gasteiger partial charge in [0.1, 0.15) is 17.1 Å². The number of hydrogen-bond donors (Lipinski definition) is 2. The van der Waals surface area contributed by atoms with Crippen molar-refractivity contribution in [2.75, 3.05) is 20.3 Å². The van der Waals surface area contributed by atoms with Crippen molar-refractivity contribution in [3.8, 4) is 11.5 Å². The molecule has 1 aromatic carbocycles. The number of benzene rings is 1. The van der Waals surface area contributed by atoms with Gasteiger partial charge in [-0.15, -0.1) is 0 Å². The van der Waals surface area contributed by atoms with E-state index in [1.807, 2.05) is 6.92 Å². The number of carboxylic acids is 1. The summed E-state index contributed by atoms with van der Waals surface area (Å²) < 4.78 is 10.6. The van der Waals surface area contributed by atoms with Crippen molar-refractivity contribution in [1.82, 2.24) is 5.32 Å². The Balaban J connectivity index is 2.88. The van der Waals surface area contributed by atoms with Gasteiger partial charge < -0.3 is 19.9 Å². The predicted octanol–water partition coefficient (Wildman–Crippen LogP) is 1.30. The minimum absolute atomic E-state index is 0.00671. The third-order valence-corrected chi connectivity index (χ3v) is 2.29. The quantitative estimate of drug-likeness (QED) is 0.777. The molecule has 0 fully saturated rings. The van der Waals surface area contributed by atoms with Gasteiger partial charge in [0.2, 0.25) is 0 Å². The molecule has 0 saturated heterocycles. The van der Waals surface area contributed by atoms with Crippen LogP contribution in [0.25, 0.3) is 0 Å². The Bertz CT molecular complexity index is 458. The standard InChI is InChI=1S/C13H17NO5/c1-3-6-18-9-4-5-10(13(16)17)11(7-9)19-8-12(15)14-2/h4-5,7H,3,6,8H2,1-2H3,(H,14,15)(H,16,17). The fraction of sp³-hybridized carbons (Fsp3) is 0.385. The highest BCUT2D eigenvalue weighted by Crippen LogP contribution is 2.25. The van der Waals surface area contributed by atoms with E-state index in [2.05, 4.69) is 5.32 Å². The molecule has 0 aliphatic carbocycles. The Morgan fingerprint density at radius 1 is 1.32 bits per heavy atom. The van der Waals surface area contributed by atoms with E-state index in [0.717, 1.165) is 6.42 Å². The van der Waals surface area contributed by atoms with Gasteiger partial charge in [0.25, 0.3) is 5.91 Å². The van der Waals surface area contributed by atoms with Crippen LogP contribution in [0.3, 0.4) is 0 Å². The molecule has 0 saturated carbocycles. The van der Waals surface area contributed by atoms with Crippen molar-refractivity contribution in [2.24, 2.45) is 0 Å². The number of carbonyl (C=O) groups is 2. The zero-order valence-electron chi connectivity index (χ0n) is 10.9. The first-order chi connectivity index (χ1) is 9.08. The fourth-order valence-electron chi connectivity index (χ4n) is 1.32. The van der Waals surface area contributed by atoms with Crippen LogP contribution in [0.15, 0.2) is 18.2 Å². The lowest BCUT2D eigenvalue weighted by atomic mass is 10.2. The molecule has 19 heavy (non-hydrogen) atoms. The third kappa shape index (κ3) is 4.50. The van der Waals surface area contributed by atoms with E-state index in [9.17, 15) is 9.59 Å². The summed E-state index contributed by atoms with van der Waals surface area (Å²) in [5.41, 5.74) is -0.00671. The second kappa shape index (κ2) is 7.25. The molecular formula is C13H17NO5. The first-order valence-electron chi connectivity index (χ1n) is 5.92. The molecule has 0 bridgehead atoms. The lowest BCUT2D eigenvalue weighted by molar-refractivity contribution is -0.122. The summed E-state index contributed by atoms with van der Waals surface area (Å²) in [7, 11) is 1.48. The average Bonchev–Trinajstić information content (AvgIpc) is 2.42. The molecular weight excluding hydrogens is 250 g/mol. The monoisotopic (exact) mass is 267 g/mol. The van der Waals surface area contributed by atoms with Gasteiger partial charge in [-0.3, -0.25) is 4.79 Å². The van der Waals surface area contributed by atoms with Gasteiger partial charge in [-0.25, -0.2) is 4.79 Å². The summed E-state index contributed by atoms with van der Waals surface area (Å²) in [5, 5.41) is 11.4. The summed E-state index contributed by atoms with van der Waals surface area (Å²) in [6, 6.07) is 4.43. The van der Waals surface area contributed by atoms with E-state index in [1.54, 1.807) is 6.07 Å². The number of likely N-dealkylation sites (N-methyl/N-ethyl adjacent to an activating group) is 1. The predicted molar refractivity (Wildman–Crippen MR) is 68.7 cm³/mol. The lowest BCUT2D eigenvalue weighted by Crippen LogP contribution is -2.25. The SMILES string of the molecule is CCCOc1ccc(C(=O)O)c(OCC(=O)NC)c1. The van der Waals surface area contributed by atoms with Gasteiger partial charge in [0, 0.05) is 13.1 Å². The van der Waals surface area contributed by atoms with E-state index in [-0.39, 0.29) is 23.8 Å². The number of ether oxygens (including phenoxy) is 2. The van der Waals surface area contributed by atoms with Crippen LogP contribution in [0.4, 0.5) is 0 Å². The lowest BCUT2D eigenvalue weighted by Gasteiger charge is -2.11. The van der Waals surface area contributed by atoms with Gasteiger partial charge in [-0.1, -0.05) is 6.92 Å². The summed E-state index contributed by atoms with van der Waals surface area (Å²) in [4.78, 5) is 22.1. The molecule has 1 rings (SSSR count). The fourth-order valence-corrected chi connectivity index (χ4v) is 1.32. The van der Waals surface area contributed by atoms with Crippen LogP contribution < -0.4 is 14.8 Å². The zero-order valence-corrected chi connectivity index (χ0v) is 10.9. The number of nitrogens with one attached hydrogen (secondary N) is 1. The summed E-state index contributed by atoms with van der Waals surface area (Å²) in [5.74, 6) is -0.825. The van der Waals surface area contributed by atoms with E-state index < -0.39 is 5.97 Å². The molecule has 0 unspecified atom stereocenters. The van der Waals surface area contributed by atoms with Gasteiger partial charge in [-0.05, 0) is 18.6 Å². The molecule has 2 N–H and O–H groups in total. The summed E-state index contributed by atoms with van der Waals surface area (Å²) in [6.45, 7) is 2.25. The van der Waals surface area contributed by atoms with Gasteiger partial charge in [0.15, 0.2) is 6.61 Å². The number of carboxylic acid groups (broad SMARTS) is 1. The highest BCUT2D eigenvalue weighted by molar-refractivity contribution is 5.91. The number of amides is 1. The Morgan fingerprint density at radius 3 is 2.63 bits per heavy atom. The van der Waals surface area contributed by atoms with Crippen molar-refractivity contribution < 1.29 is 24.2 Å². The van der Waals surface area contributed by atoms with Crippen LogP contribution >= 0.6 is 0 Å². The maximum Gasteiger partial charge on any atom is 0.339 e. The number of rotatable bonds is 7. The van der Waals surface area contributed by atoms with Crippen molar-refractivity contribution >= 4 is 11.9 Å². The number of carbonyl (C=O) groups excluding carboxylic acids is 1. The van der Waals surface area contributed by atoms with E-state index in [0.29, 0.717) is 12.4 Å². The first-order valence-corrected chi connectivity index (χ1v) is 5.92.